The first-order valence-electron chi connectivity index (χ1n) is 11.2. The number of piperidine rings is 1. The molecule has 2 aromatic rings. The van der Waals surface area contributed by atoms with Crippen LogP contribution in [0.25, 0.3) is 6.08 Å². The van der Waals surface area contributed by atoms with E-state index in [2.05, 4.69) is 16.0 Å². The fourth-order valence-electron chi connectivity index (χ4n) is 4.20. The van der Waals surface area contributed by atoms with E-state index >= 15 is 0 Å². The molecule has 4 rings (SSSR count). The largest absolute Gasteiger partial charge is 0.493 e. The average Bonchev–Trinajstić information content (AvgIpc) is 2.86. The van der Waals surface area contributed by atoms with Crippen LogP contribution in [0.5, 0.6) is 17.2 Å². The first kappa shape index (κ1) is 22.1. The molecule has 1 fully saturated rings. The van der Waals surface area contributed by atoms with E-state index in [1.54, 1.807) is 13.2 Å². The maximum atomic E-state index is 12.8. The first-order valence-corrected chi connectivity index (χ1v) is 11.2. The van der Waals surface area contributed by atoms with Crippen molar-refractivity contribution in [1.82, 2.24) is 14.8 Å². The van der Waals surface area contributed by atoms with E-state index in [-0.39, 0.29) is 11.9 Å². The number of likely N-dealkylation sites (N-methyl/N-ethyl adjacent to an activating group) is 1. The minimum atomic E-state index is 0.00536. The van der Waals surface area contributed by atoms with Crippen molar-refractivity contribution in [1.29, 1.82) is 0 Å². The van der Waals surface area contributed by atoms with Gasteiger partial charge in [0.2, 0.25) is 11.7 Å². The van der Waals surface area contributed by atoms with Crippen molar-refractivity contribution >= 4 is 12.0 Å². The Morgan fingerprint density at radius 1 is 1.25 bits per heavy atom. The maximum absolute atomic E-state index is 12.8. The van der Waals surface area contributed by atoms with Crippen LogP contribution in [0.2, 0.25) is 0 Å². The third-order valence-corrected chi connectivity index (χ3v) is 6.13. The second-order valence-corrected chi connectivity index (χ2v) is 8.17. The van der Waals surface area contributed by atoms with E-state index in [4.69, 9.17) is 14.2 Å². The molecule has 0 bridgehead atoms. The molecule has 7 nitrogen and oxygen atoms in total. The van der Waals surface area contributed by atoms with Gasteiger partial charge in [-0.25, -0.2) is 0 Å². The van der Waals surface area contributed by atoms with Crippen LogP contribution in [0.3, 0.4) is 0 Å². The van der Waals surface area contributed by atoms with Gasteiger partial charge in [-0.05, 0) is 48.7 Å². The summed E-state index contributed by atoms with van der Waals surface area (Å²) >= 11 is 0. The van der Waals surface area contributed by atoms with Crippen LogP contribution in [0.15, 0.2) is 42.6 Å². The number of pyridine rings is 1. The highest BCUT2D eigenvalue weighted by Gasteiger charge is 2.24. The zero-order valence-electron chi connectivity index (χ0n) is 18.8. The first-order chi connectivity index (χ1) is 15.6. The Morgan fingerprint density at radius 3 is 2.81 bits per heavy atom. The van der Waals surface area contributed by atoms with Crippen molar-refractivity contribution in [3.63, 3.8) is 0 Å². The zero-order valence-corrected chi connectivity index (χ0v) is 18.8. The van der Waals surface area contributed by atoms with Gasteiger partial charge in [0.05, 0.1) is 7.11 Å². The fourth-order valence-corrected chi connectivity index (χ4v) is 4.20. The number of ether oxygens (including phenoxy) is 3. The lowest BCUT2D eigenvalue weighted by atomic mass is 10.0. The number of hydrogen-bond donors (Lipinski definition) is 0. The molecule has 1 amide bonds. The lowest BCUT2D eigenvalue weighted by molar-refractivity contribution is -0.127. The molecule has 3 heterocycles. The minimum Gasteiger partial charge on any atom is -0.493 e. The van der Waals surface area contributed by atoms with Crippen LogP contribution in [0, 0.1) is 0 Å². The van der Waals surface area contributed by atoms with Crippen molar-refractivity contribution in [2.75, 3.05) is 47.0 Å². The molecule has 170 valence electrons. The Kier molecular flexibility index (Phi) is 7.27. The van der Waals surface area contributed by atoms with Gasteiger partial charge < -0.3 is 24.0 Å². The number of carbonyl (C=O) groups excluding carboxylic acids is 1. The monoisotopic (exact) mass is 437 g/mol. The van der Waals surface area contributed by atoms with Gasteiger partial charge in [0, 0.05) is 57.1 Å². The summed E-state index contributed by atoms with van der Waals surface area (Å²) in [5.41, 5.74) is 1.97. The van der Waals surface area contributed by atoms with E-state index < -0.39 is 0 Å². The van der Waals surface area contributed by atoms with E-state index in [0.717, 1.165) is 50.2 Å². The standard InChI is InChI=1S/C25H31N3O4/c1-27(21-9-13-28(14-10-21)12-8-20-5-3-4-11-26-20)24(29)7-6-19-17-22(30-2)25-23(18-19)31-15-16-32-25/h3-7,11,17-18,21H,8-10,12-16H2,1-2H3/b7-6+. The van der Waals surface area contributed by atoms with Gasteiger partial charge in [0.15, 0.2) is 11.5 Å². The molecule has 0 atom stereocenters. The normalized spacial score (nSPS) is 16.8. The van der Waals surface area contributed by atoms with E-state index in [1.165, 1.54) is 0 Å². The minimum absolute atomic E-state index is 0.00536. The molecule has 1 saturated heterocycles. The fraction of sp³-hybridized carbons (Fsp3) is 0.440. The molecule has 32 heavy (non-hydrogen) atoms. The highest BCUT2D eigenvalue weighted by Crippen LogP contribution is 2.40. The molecule has 0 spiro atoms. The Balaban J connectivity index is 1.29. The lowest BCUT2D eigenvalue weighted by Crippen LogP contribution is -2.45. The second-order valence-electron chi connectivity index (χ2n) is 8.17. The van der Waals surface area contributed by atoms with Crippen molar-refractivity contribution in [3.05, 3.63) is 53.9 Å². The third-order valence-electron chi connectivity index (χ3n) is 6.13. The third kappa shape index (κ3) is 5.40. The van der Waals surface area contributed by atoms with Gasteiger partial charge in [-0.1, -0.05) is 6.07 Å². The van der Waals surface area contributed by atoms with Crippen LogP contribution < -0.4 is 14.2 Å². The number of carbonyl (C=O) groups is 1. The molecule has 2 aliphatic heterocycles. The Morgan fingerprint density at radius 2 is 2.06 bits per heavy atom. The Labute approximate surface area is 189 Å². The number of rotatable bonds is 7. The maximum Gasteiger partial charge on any atom is 0.246 e. The predicted octanol–water partition coefficient (Wildman–Crippen LogP) is 3.04. The van der Waals surface area contributed by atoms with Gasteiger partial charge in [0.25, 0.3) is 0 Å². The molecule has 0 aliphatic carbocycles. The molecule has 0 radical (unpaired) electrons. The summed E-state index contributed by atoms with van der Waals surface area (Å²) in [5, 5.41) is 0. The molecule has 2 aliphatic rings. The number of methoxy groups -OCH3 is 1. The number of benzene rings is 1. The lowest BCUT2D eigenvalue weighted by Gasteiger charge is -2.36. The number of nitrogens with zero attached hydrogens (tertiary/aromatic N) is 3. The summed E-state index contributed by atoms with van der Waals surface area (Å²) in [5.74, 6) is 1.88. The molecule has 1 aromatic carbocycles. The Hall–Kier alpha value is -3.06. The molecule has 1 aromatic heterocycles. The summed E-state index contributed by atoms with van der Waals surface area (Å²) in [6.45, 7) is 4.01. The number of aromatic nitrogens is 1. The molecule has 7 heteroatoms. The highest BCUT2D eigenvalue weighted by molar-refractivity contribution is 5.92. The van der Waals surface area contributed by atoms with E-state index in [0.29, 0.717) is 30.5 Å². The van der Waals surface area contributed by atoms with Crippen molar-refractivity contribution in [2.45, 2.75) is 25.3 Å². The van der Waals surface area contributed by atoms with Crippen LogP contribution in [-0.4, -0.2) is 73.7 Å². The van der Waals surface area contributed by atoms with Crippen molar-refractivity contribution < 1.29 is 19.0 Å². The molecular weight excluding hydrogens is 406 g/mol. The van der Waals surface area contributed by atoms with E-state index in [1.807, 2.05) is 48.5 Å². The molecule has 0 unspecified atom stereocenters. The van der Waals surface area contributed by atoms with Gasteiger partial charge in [0.1, 0.15) is 13.2 Å². The van der Waals surface area contributed by atoms with Gasteiger partial charge in [-0.2, -0.15) is 0 Å². The summed E-state index contributed by atoms with van der Waals surface area (Å²) in [7, 11) is 3.49. The van der Waals surface area contributed by atoms with Crippen LogP contribution in [-0.2, 0) is 11.2 Å². The zero-order chi connectivity index (χ0) is 22.3. The SMILES string of the molecule is COc1cc(/C=C/C(=O)N(C)C2CCN(CCc3ccccn3)CC2)cc2c1OCCO2. The van der Waals surface area contributed by atoms with E-state index in [9.17, 15) is 4.79 Å². The van der Waals surface area contributed by atoms with Gasteiger partial charge in [-0.3, -0.25) is 9.78 Å². The van der Waals surface area contributed by atoms with Crippen LogP contribution in [0.1, 0.15) is 24.1 Å². The number of hydrogen-bond acceptors (Lipinski definition) is 6. The topological polar surface area (TPSA) is 64.1 Å². The average molecular weight is 438 g/mol. The number of amides is 1. The second kappa shape index (κ2) is 10.5. The van der Waals surface area contributed by atoms with Crippen molar-refractivity contribution in [3.8, 4) is 17.2 Å². The smallest absolute Gasteiger partial charge is 0.246 e. The summed E-state index contributed by atoms with van der Waals surface area (Å²) in [6.07, 6.45) is 8.20. The molecular formula is C25H31N3O4. The number of fused-ring (bicyclic) bond motifs is 1. The summed E-state index contributed by atoms with van der Waals surface area (Å²) in [6, 6.07) is 10.0. The summed E-state index contributed by atoms with van der Waals surface area (Å²) in [4.78, 5) is 21.5. The highest BCUT2D eigenvalue weighted by atomic mass is 16.6. The Bertz CT molecular complexity index is 922. The number of likely N-dealkylation sites (tertiary alicyclic amines) is 1. The van der Waals surface area contributed by atoms with Crippen LogP contribution in [0.4, 0.5) is 0 Å². The molecule has 0 saturated carbocycles. The van der Waals surface area contributed by atoms with Gasteiger partial charge >= 0.3 is 0 Å². The van der Waals surface area contributed by atoms with Crippen molar-refractivity contribution in [2.24, 2.45) is 0 Å². The quantitative estimate of drug-likeness (QED) is 0.621. The van der Waals surface area contributed by atoms with Crippen LogP contribution >= 0.6 is 0 Å². The summed E-state index contributed by atoms with van der Waals surface area (Å²) < 4.78 is 16.7. The molecule has 0 N–H and O–H groups in total. The van der Waals surface area contributed by atoms with Gasteiger partial charge in [-0.15, -0.1) is 0 Å². The predicted molar refractivity (Wildman–Crippen MR) is 123 cm³/mol.